The third-order valence-electron chi connectivity index (χ3n) is 2.62. The van der Waals surface area contributed by atoms with Gasteiger partial charge in [-0.25, -0.2) is 0 Å². The number of hydrogen-bond donors (Lipinski definition) is 0. The molecule has 1 heterocycles. The maximum absolute atomic E-state index is 11.5. The first kappa shape index (κ1) is 9.82. The lowest BCUT2D eigenvalue weighted by atomic mass is 9.94. The van der Waals surface area contributed by atoms with Crippen molar-refractivity contribution in [1.29, 1.82) is 0 Å². The van der Waals surface area contributed by atoms with E-state index in [1.54, 1.807) is 0 Å². The predicted molar refractivity (Wildman–Crippen MR) is 51.4 cm³/mol. The molecule has 0 spiro atoms. The molecule has 1 aromatic heterocycles. The fourth-order valence-electron chi connectivity index (χ4n) is 1.84. The van der Waals surface area contributed by atoms with Gasteiger partial charge in [0.15, 0.2) is 5.78 Å². The smallest absolute Gasteiger partial charge is 0.358 e. The molecule has 0 bridgehead atoms. The highest BCUT2D eigenvalue weighted by atomic mass is 16.6. The normalized spacial score (nSPS) is 21.6. The number of hydrogen-bond acceptors (Lipinski definition) is 4. The maximum Gasteiger partial charge on any atom is 0.389 e. The minimum absolute atomic E-state index is 0.124. The summed E-state index contributed by atoms with van der Waals surface area (Å²) in [5, 5.41) is 14.2. The van der Waals surface area contributed by atoms with E-state index in [2.05, 4.69) is 5.10 Å². The second kappa shape index (κ2) is 3.80. The van der Waals surface area contributed by atoms with Crippen LogP contribution >= 0.6 is 0 Å². The van der Waals surface area contributed by atoms with E-state index < -0.39 is 4.92 Å². The summed E-state index contributed by atoms with van der Waals surface area (Å²) in [5.41, 5.74) is 0. The number of nitrogens with zero attached hydrogens (tertiary/aromatic N) is 3. The van der Waals surface area contributed by atoms with Gasteiger partial charge in [0, 0.05) is 6.42 Å². The van der Waals surface area contributed by atoms with Gasteiger partial charge in [-0.1, -0.05) is 6.42 Å². The highest BCUT2D eigenvalue weighted by Crippen LogP contribution is 2.25. The van der Waals surface area contributed by atoms with E-state index in [1.165, 1.54) is 16.9 Å². The molecule has 2 rings (SSSR count). The van der Waals surface area contributed by atoms with Gasteiger partial charge in [0.1, 0.15) is 6.04 Å². The molecule has 1 saturated carbocycles. The van der Waals surface area contributed by atoms with E-state index in [1.807, 2.05) is 0 Å². The Morgan fingerprint density at radius 1 is 1.53 bits per heavy atom. The molecule has 1 aromatic rings. The van der Waals surface area contributed by atoms with Crippen molar-refractivity contribution < 1.29 is 9.72 Å². The first-order valence-corrected chi connectivity index (χ1v) is 4.91. The van der Waals surface area contributed by atoms with Crippen LogP contribution in [0, 0.1) is 10.1 Å². The predicted octanol–water partition coefficient (Wildman–Crippen LogP) is 1.48. The fraction of sp³-hybridized carbons (Fsp3) is 0.556. The van der Waals surface area contributed by atoms with E-state index in [0.717, 1.165) is 19.3 Å². The molecule has 1 fully saturated rings. The van der Waals surface area contributed by atoms with Gasteiger partial charge < -0.3 is 10.1 Å². The van der Waals surface area contributed by atoms with Crippen molar-refractivity contribution in [2.45, 2.75) is 31.7 Å². The first-order valence-electron chi connectivity index (χ1n) is 4.91. The van der Waals surface area contributed by atoms with Crippen molar-refractivity contribution >= 4 is 11.6 Å². The van der Waals surface area contributed by atoms with Crippen molar-refractivity contribution in [3.05, 3.63) is 22.4 Å². The monoisotopic (exact) mass is 209 g/mol. The van der Waals surface area contributed by atoms with Crippen LogP contribution < -0.4 is 0 Å². The molecular formula is C9H11N3O3. The van der Waals surface area contributed by atoms with Gasteiger partial charge in [0.25, 0.3) is 0 Å². The summed E-state index contributed by atoms with van der Waals surface area (Å²) in [5.74, 6) is -0.0763. The molecule has 80 valence electrons. The summed E-state index contributed by atoms with van der Waals surface area (Å²) in [6, 6.07) is 1.02. The third kappa shape index (κ3) is 1.88. The Labute approximate surface area is 86.0 Å². The lowest BCUT2D eigenvalue weighted by molar-refractivity contribution is -0.389. The number of rotatable bonds is 2. The average Bonchev–Trinajstić information content (AvgIpc) is 2.67. The van der Waals surface area contributed by atoms with Crippen LogP contribution in [0.15, 0.2) is 12.3 Å². The zero-order valence-electron chi connectivity index (χ0n) is 8.13. The molecule has 0 aromatic carbocycles. The largest absolute Gasteiger partial charge is 0.389 e. The molecule has 0 saturated heterocycles. The van der Waals surface area contributed by atoms with Crippen molar-refractivity contribution in [2.24, 2.45) is 0 Å². The minimum Gasteiger partial charge on any atom is -0.358 e. The molecule has 1 aliphatic rings. The number of ketones is 1. The van der Waals surface area contributed by atoms with Gasteiger partial charge in [-0.3, -0.25) is 4.79 Å². The molecule has 1 aliphatic carbocycles. The van der Waals surface area contributed by atoms with Crippen LogP contribution in [0.25, 0.3) is 0 Å². The Hall–Kier alpha value is -1.72. The number of carbonyl (C=O) groups excluding carboxylic acids is 1. The van der Waals surface area contributed by atoms with Crippen LogP contribution in [0.1, 0.15) is 31.7 Å². The quantitative estimate of drug-likeness (QED) is 0.545. The second-order valence-corrected chi connectivity index (χ2v) is 3.64. The summed E-state index contributed by atoms with van der Waals surface area (Å²) in [4.78, 5) is 21.4. The van der Waals surface area contributed by atoms with Gasteiger partial charge in [0.05, 0.1) is 17.4 Å². The zero-order valence-corrected chi connectivity index (χ0v) is 8.13. The average molecular weight is 209 g/mol. The van der Waals surface area contributed by atoms with E-state index in [-0.39, 0.29) is 17.6 Å². The van der Waals surface area contributed by atoms with E-state index in [0.29, 0.717) is 6.42 Å². The van der Waals surface area contributed by atoms with Gasteiger partial charge in [-0.2, -0.15) is 4.68 Å². The third-order valence-corrected chi connectivity index (χ3v) is 2.62. The minimum atomic E-state index is -0.552. The van der Waals surface area contributed by atoms with Gasteiger partial charge >= 0.3 is 5.82 Å². The Morgan fingerprint density at radius 2 is 2.33 bits per heavy atom. The van der Waals surface area contributed by atoms with Crippen LogP contribution in [-0.2, 0) is 4.79 Å². The molecule has 6 nitrogen and oxygen atoms in total. The van der Waals surface area contributed by atoms with E-state index >= 15 is 0 Å². The summed E-state index contributed by atoms with van der Waals surface area (Å²) >= 11 is 0. The Kier molecular flexibility index (Phi) is 2.49. The van der Waals surface area contributed by atoms with Gasteiger partial charge in [0.2, 0.25) is 0 Å². The summed E-state index contributed by atoms with van der Waals surface area (Å²) in [6.45, 7) is 0. The molecule has 0 N–H and O–H groups in total. The molecule has 1 unspecified atom stereocenters. The molecule has 15 heavy (non-hydrogen) atoms. The number of Topliss-reactive ketones (excluding diaryl/α,β-unsaturated/α-hetero) is 1. The summed E-state index contributed by atoms with van der Waals surface area (Å²) in [6.07, 6.45) is 4.69. The fourth-order valence-corrected chi connectivity index (χ4v) is 1.84. The molecule has 0 aliphatic heterocycles. The first-order chi connectivity index (χ1) is 7.18. The Balaban J connectivity index is 2.20. The highest BCUT2D eigenvalue weighted by Gasteiger charge is 2.27. The van der Waals surface area contributed by atoms with Crippen molar-refractivity contribution in [3.8, 4) is 0 Å². The van der Waals surface area contributed by atoms with Gasteiger partial charge in [-0.05, 0) is 17.8 Å². The van der Waals surface area contributed by atoms with Gasteiger partial charge in [-0.15, -0.1) is 0 Å². The van der Waals surface area contributed by atoms with Crippen molar-refractivity contribution in [1.82, 2.24) is 9.78 Å². The molecule has 1 atom stereocenters. The number of aromatic nitrogens is 2. The van der Waals surface area contributed by atoms with Crippen molar-refractivity contribution in [3.63, 3.8) is 0 Å². The maximum atomic E-state index is 11.5. The van der Waals surface area contributed by atoms with Crippen LogP contribution in [0.3, 0.4) is 0 Å². The highest BCUT2D eigenvalue weighted by molar-refractivity contribution is 5.83. The zero-order chi connectivity index (χ0) is 10.8. The Bertz CT molecular complexity index is 399. The van der Waals surface area contributed by atoms with Crippen LogP contribution in [-0.4, -0.2) is 20.5 Å². The van der Waals surface area contributed by atoms with Crippen LogP contribution in [0.2, 0.25) is 0 Å². The van der Waals surface area contributed by atoms with Crippen LogP contribution in [0.5, 0.6) is 0 Å². The number of carbonyl (C=O) groups is 1. The Morgan fingerprint density at radius 3 is 2.93 bits per heavy atom. The molecule has 0 amide bonds. The summed E-state index contributed by atoms with van der Waals surface area (Å²) in [7, 11) is 0. The van der Waals surface area contributed by atoms with Crippen molar-refractivity contribution in [2.75, 3.05) is 0 Å². The van der Waals surface area contributed by atoms with Crippen LogP contribution in [0.4, 0.5) is 5.82 Å². The lowest BCUT2D eigenvalue weighted by Gasteiger charge is -2.17. The molecule has 0 radical (unpaired) electrons. The van der Waals surface area contributed by atoms with E-state index in [4.69, 9.17) is 0 Å². The SMILES string of the molecule is O=C1CCCCC1n1ccc([N+](=O)[O-])n1. The van der Waals surface area contributed by atoms with E-state index in [9.17, 15) is 14.9 Å². The lowest BCUT2D eigenvalue weighted by Crippen LogP contribution is -2.23. The molecular weight excluding hydrogens is 198 g/mol. The number of nitro groups is 1. The topological polar surface area (TPSA) is 78.0 Å². The second-order valence-electron chi connectivity index (χ2n) is 3.64. The molecule has 6 heteroatoms. The summed E-state index contributed by atoms with van der Waals surface area (Å²) < 4.78 is 1.42. The standard InChI is InChI=1S/C9H11N3O3/c13-8-4-2-1-3-7(8)11-6-5-9(10-11)12(14)15/h5-7H,1-4H2.